The molecule has 1 saturated carbocycles. The molecule has 5 rings (SSSR count). The molecule has 1 aromatic carbocycles. The highest BCUT2D eigenvalue weighted by Gasteiger charge is 2.37. The van der Waals surface area contributed by atoms with E-state index in [2.05, 4.69) is 20.4 Å². The average molecular weight is 562 g/mol. The average Bonchev–Trinajstić information content (AvgIpc) is 3.49. The Morgan fingerprint density at radius 2 is 2.05 bits per heavy atom. The van der Waals surface area contributed by atoms with Gasteiger partial charge in [-0.3, -0.25) is 19.8 Å². The topological polar surface area (TPSA) is 130 Å². The van der Waals surface area contributed by atoms with E-state index in [1.807, 2.05) is 6.92 Å². The standard InChI is InChI=1S/C25H31N5O6S2/c1-17-13-29(9-10-30(17)16-31)14-20-12-26-25(37-20)27-24(32)23(28-36-19-8-11-35-15-19)18-2-4-21(5-3-18)38(33,34)22-6-7-22/h2-5,12,16-17,19,22H,6-11,13-15H2,1H3,(H,26,27,32)/b28-23+/t17-,19+/m0/s1. The highest BCUT2D eigenvalue weighted by atomic mass is 32.2. The van der Waals surface area contributed by atoms with E-state index in [0.717, 1.165) is 24.4 Å². The molecule has 0 bridgehead atoms. The van der Waals surface area contributed by atoms with Crippen molar-refractivity contribution < 1.29 is 27.6 Å². The molecule has 0 spiro atoms. The zero-order valence-corrected chi connectivity index (χ0v) is 22.7. The zero-order chi connectivity index (χ0) is 26.7. The predicted molar refractivity (Wildman–Crippen MR) is 142 cm³/mol. The Kier molecular flexibility index (Phi) is 8.07. The van der Waals surface area contributed by atoms with Crippen molar-refractivity contribution in [1.82, 2.24) is 14.8 Å². The number of hydrogen-bond acceptors (Lipinski definition) is 10. The van der Waals surface area contributed by atoms with E-state index >= 15 is 0 Å². The van der Waals surface area contributed by atoms with Gasteiger partial charge in [0, 0.05) is 55.3 Å². The number of piperazine rings is 1. The Hall–Kier alpha value is -2.87. The Labute approximate surface area is 225 Å². The third-order valence-corrected chi connectivity index (χ3v) is 10.0. The fourth-order valence-electron chi connectivity index (χ4n) is 4.48. The van der Waals surface area contributed by atoms with Crippen LogP contribution in [0.15, 0.2) is 40.5 Å². The van der Waals surface area contributed by atoms with Gasteiger partial charge in [-0.05, 0) is 31.9 Å². The molecule has 204 valence electrons. The van der Waals surface area contributed by atoms with Gasteiger partial charge in [0.15, 0.2) is 26.8 Å². The van der Waals surface area contributed by atoms with Gasteiger partial charge in [-0.2, -0.15) is 0 Å². The van der Waals surface area contributed by atoms with Crippen molar-refractivity contribution in [3.63, 3.8) is 0 Å². The number of ether oxygens (including phenoxy) is 1. The maximum atomic E-state index is 13.3. The van der Waals surface area contributed by atoms with Gasteiger partial charge in [0.05, 0.1) is 23.4 Å². The summed E-state index contributed by atoms with van der Waals surface area (Å²) in [7, 11) is -3.34. The normalized spacial score (nSPS) is 22.9. The number of hydrogen-bond donors (Lipinski definition) is 1. The lowest BCUT2D eigenvalue weighted by molar-refractivity contribution is -0.122. The lowest BCUT2D eigenvalue weighted by atomic mass is 10.1. The molecule has 2 aliphatic heterocycles. The minimum Gasteiger partial charge on any atom is -0.389 e. The first-order valence-electron chi connectivity index (χ1n) is 12.7. The highest BCUT2D eigenvalue weighted by Crippen LogP contribution is 2.33. The summed E-state index contributed by atoms with van der Waals surface area (Å²) in [5, 5.41) is 7.06. The summed E-state index contributed by atoms with van der Waals surface area (Å²) < 4.78 is 30.5. The van der Waals surface area contributed by atoms with Gasteiger partial charge in [0.25, 0.3) is 5.91 Å². The molecule has 3 fully saturated rings. The lowest BCUT2D eigenvalue weighted by Crippen LogP contribution is -2.50. The van der Waals surface area contributed by atoms with Crippen LogP contribution in [0.2, 0.25) is 0 Å². The first kappa shape index (κ1) is 26.7. The maximum Gasteiger partial charge on any atom is 0.280 e. The van der Waals surface area contributed by atoms with Crippen molar-refractivity contribution in [2.45, 2.75) is 55.0 Å². The van der Waals surface area contributed by atoms with Gasteiger partial charge in [-0.25, -0.2) is 13.4 Å². The minimum absolute atomic E-state index is 0.0304. The van der Waals surface area contributed by atoms with E-state index in [9.17, 15) is 18.0 Å². The molecular weight excluding hydrogens is 530 g/mol. The Balaban J connectivity index is 1.28. The third kappa shape index (κ3) is 6.22. The number of anilines is 1. The molecule has 2 saturated heterocycles. The van der Waals surface area contributed by atoms with Gasteiger partial charge >= 0.3 is 0 Å². The summed E-state index contributed by atoms with van der Waals surface area (Å²) in [4.78, 5) is 39.6. The summed E-state index contributed by atoms with van der Waals surface area (Å²) in [6.07, 6.45) is 4.41. The van der Waals surface area contributed by atoms with Crippen LogP contribution in [0.3, 0.4) is 0 Å². The van der Waals surface area contributed by atoms with Gasteiger partial charge in [0.1, 0.15) is 0 Å². The molecule has 0 unspecified atom stereocenters. The van der Waals surface area contributed by atoms with Crippen molar-refractivity contribution in [2.75, 3.05) is 38.2 Å². The fraction of sp³-hybridized carbons (Fsp3) is 0.520. The fourth-order valence-corrected chi connectivity index (χ4v) is 6.99. The lowest BCUT2D eigenvalue weighted by Gasteiger charge is -2.37. The molecular formula is C25H31N5O6S2. The van der Waals surface area contributed by atoms with E-state index in [-0.39, 0.29) is 28.0 Å². The van der Waals surface area contributed by atoms with Gasteiger partial charge in [-0.1, -0.05) is 17.3 Å². The molecule has 1 aliphatic carbocycles. The SMILES string of the molecule is C[C@H]1CN(Cc2cnc(NC(=O)/C(=N/O[C@@H]3CCOC3)c3ccc(S(=O)(=O)C4CC4)cc3)s2)CCN1C=O. The number of thiazole rings is 1. The molecule has 11 nitrogen and oxygen atoms in total. The van der Waals surface area contributed by atoms with Crippen molar-refractivity contribution in [1.29, 1.82) is 0 Å². The van der Waals surface area contributed by atoms with E-state index < -0.39 is 15.7 Å². The Bertz CT molecular complexity index is 1290. The molecule has 13 heteroatoms. The van der Waals surface area contributed by atoms with Crippen molar-refractivity contribution in [3.8, 4) is 0 Å². The number of rotatable bonds is 10. The van der Waals surface area contributed by atoms with Crippen LogP contribution in [0, 0.1) is 0 Å². The van der Waals surface area contributed by atoms with E-state index in [4.69, 9.17) is 9.57 Å². The maximum absolute atomic E-state index is 13.3. The van der Waals surface area contributed by atoms with E-state index in [0.29, 0.717) is 56.3 Å². The second-order valence-corrected chi connectivity index (χ2v) is 13.2. The summed E-state index contributed by atoms with van der Waals surface area (Å²) in [6.45, 7) is 5.88. The largest absolute Gasteiger partial charge is 0.389 e. The molecule has 1 aromatic heterocycles. The summed E-state index contributed by atoms with van der Waals surface area (Å²) >= 11 is 1.37. The number of aromatic nitrogens is 1. The molecule has 1 N–H and O–H groups in total. The molecule has 2 aromatic rings. The van der Waals surface area contributed by atoms with Crippen LogP contribution in [-0.2, 0) is 35.5 Å². The molecule has 3 aliphatic rings. The molecule has 3 heterocycles. The quantitative estimate of drug-likeness (QED) is 0.264. The number of nitrogens with one attached hydrogen (secondary N) is 1. The van der Waals surface area contributed by atoms with Crippen molar-refractivity contribution in [2.24, 2.45) is 5.16 Å². The van der Waals surface area contributed by atoms with Crippen LogP contribution in [-0.4, -0.2) is 91.5 Å². The summed E-state index contributed by atoms with van der Waals surface area (Å²) in [5.74, 6) is -0.504. The monoisotopic (exact) mass is 561 g/mol. The van der Waals surface area contributed by atoms with Crippen LogP contribution in [0.25, 0.3) is 0 Å². The number of carbonyl (C=O) groups is 2. The Morgan fingerprint density at radius 1 is 1.26 bits per heavy atom. The molecule has 0 radical (unpaired) electrons. The second kappa shape index (κ2) is 11.5. The van der Waals surface area contributed by atoms with Crippen molar-refractivity contribution >= 4 is 44.3 Å². The molecule has 2 atom stereocenters. The first-order chi connectivity index (χ1) is 18.3. The van der Waals surface area contributed by atoms with Gasteiger partial charge in [-0.15, -0.1) is 11.3 Å². The van der Waals surface area contributed by atoms with Crippen LogP contribution < -0.4 is 5.32 Å². The third-order valence-electron chi connectivity index (χ3n) is 6.87. The van der Waals surface area contributed by atoms with Crippen LogP contribution in [0.1, 0.15) is 36.6 Å². The zero-order valence-electron chi connectivity index (χ0n) is 21.1. The smallest absolute Gasteiger partial charge is 0.280 e. The number of benzene rings is 1. The second-order valence-electron chi connectivity index (χ2n) is 9.81. The Morgan fingerprint density at radius 3 is 2.71 bits per heavy atom. The minimum atomic E-state index is -3.34. The summed E-state index contributed by atoms with van der Waals surface area (Å²) in [6, 6.07) is 6.32. The first-order valence-corrected chi connectivity index (χ1v) is 15.0. The number of carbonyl (C=O) groups excluding carboxylic acids is 2. The van der Waals surface area contributed by atoms with Crippen molar-refractivity contribution in [3.05, 3.63) is 40.9 Å². The van der Waals surface area contributed by atoms with Crippen LogP contribution >= 0.6 is 11.3 Å². The van der Waals surface area contributed by atoms with Gasteiger partial charge in [0.2, 0.25) is 6.41 Å². The summed E-state index contributed by atoms with van der Waals surface area (Å²) in [5.41, 5.74) is 0.470. The van der Waals surface area contributed by atoms with E-state index in [1.165, 1.54) is 23.5 Å². The number of amides is 2. The van der Waals surface area contributed by atoms with E-state index in [1.54, 1.807) is 23.2 Å². The predicted octanol–water partition coefficient (Wildman–Crippen LogP) is 1.89. The van der Waals surface area contributed by atoms with Gasteiger partial charge < -0.3 is 14.5 Å². The van der Waals surface area contributed by atoms with Crippen LogP contribution in [0.5, 0.6) is 0 Å². The molecule has 2 amide bonds. The highest BCUT2D eigenvalue weighted by molar-refractivity contribution is 7.92. The number of sulfone groups is 1. The molecule has 38 heavy (non-hydrogen) atoms. The number of oxime groups is 1. The van der Waals surface area contributed by atoms with Crippen LogP contribution in [0.4, 0.5) is 5.13 Å². The number of nitrogens with zero attached hydrogens (tertiary/aromatic N) is 4.